The van der Waals surface area contributed by atoms with Gasteiger partial charge in [0.1, 0.15) is 17.3 Å². The minimum absolute atomic E-state index is 0.00372. The van der Waals surface area contributed by atoms with E-state index in [2.05, 4.69) is 9.97 Å². The van der Waals surface area contributed by atoms with Crippen molar-refractivity contribution in [2.75, 3.05) is 30.8 Å². The first-order valence-corrected chi connectivity index (χ1v) is 14.2. The van der Waals surface area contributed by atoms with Gasteiger partial charge in [-0.3, -0.25) is 19.4 Å². The second kappa shape index (κ2) is 12.1. The maximum absolute atomic E-state index is 15.6. The highest BCUT2D eigenvalue weighted by Gasteiger charge is 2.27. The lowest BCUT2D eigenvalue weighted by molar-refractivity contribution is -0.122. The Kier molecular flexibility index (Phi) is 8.39. The molecule has 2 amide bonds. The fraction of sp³-hybridized carbons (Fsp3) is 0.290. The van der Waals surface area contributed by atoms with Gasteiger partial charge in [0, 0.05) is 43.8 Å². The molecule has 1 aliphatic rings. The summed E-state index contributed by atoms with van der Waals surface area (Å²) in [5.74, 6) is 0.364. The lowest BCUT2D eigenvalue weighted by Gasteiger charge is -2.25. The fourth-order valence-electron chi connectivity index (χ4n) is 5.06. The summed E-state index contributed by atoms with van der Waals surface area (Å²) >= 11 is 0.779. The monoisotopic (exact) mass is 576 g/mol. The molecule has 0 fully saturated rings. The van der Waals surface area contributed by atoms with Crippen molar-refractivity contribution in [1.82, 2.24) is 9.97 Å². The molecule has 10 heteroatoms. The molecule has 0 spiro atoms. The number of hydrogen-bond donors (Lipinski definition) is 0. The van der Waals surface area contributed by atoms with Gasteiger partial charge < -0.3 is 4.74 Å². The summed E-state index contributed by atoms with van der Waals surface area (Å²) in [7, 11) is 3.29. The average molecular weight is 577 g/mol. The Hall–Kier alpha value is -4.18. The molecule has 0 aliphatic carbocycles. The predicted molar refractivity (Wildman–Crippen MR) is 156 cm³/mol. The number of pyridine rings is 1. The maximum Gasteiger partial charge on any atom is 0.231 e. The van der Waals surface area contributed by atoms with Gasteiger partial charge in [-0.2, -0.15) is 4.39 Å². The Morgan fingerprint density at radius 3 is 2.66 bits per heavy atom. The van der Waals surface area contributed by atoms with Gasteiger partial charge in [-0.05, 0) is 60.2 Å². The van der Waals surface area contributed by atoms with Crippen LogP contribution in [0, 0.1) is 11.0 Å². The number of fused-ring (bicyclic) bond motifs is 1. The molecule has 0 bridgehead atoms. The fourth-order valence-corrected chi connectivity index (χ4v) is 5.84. The molecular formula is C31H30F2N4O3S. The zero-order valence-electron chi connectivity index (χ0n) is 23.1. The number of hydrogen-bond acceptors (Lipinski definition) is 6. The average Bonchev–Trinajstić information content (AvgIpc) is 3.38. The molecule has 2 aromatic carbocycles. The number of benzene rings is 2. The van der Waals surface area contributed by atoms with Crippen molar-refractivity contribution in [3.63, 3.8) is 0 Å². The molecule has 212 valence electrons. The van der Waals surface area contributed by atoms with E-state index in [0.717, 1.165) is 22.5 Å². The number of aryl methyl sites for hydroxylation is 1. The smallest absolute Gasteiger partial charge is 0.231 e. The van der Waals surface area contributed by atoms with E-state index in [9.17, 15) is 14.0 Å². The molecule has 2 aromatic heterocycles. The lowest BCUT2D eigenvalue weighted by Crippen LogP contribution is -2.33. The van der Waals surface area contributed by atoms with Crippen LogP contribution < -0.4 is 14.5 Å². The second-order valence-corrected chi connectivity index (χ2v) is 10.9. The van der Waals surface area contributed by atoms with Crippen molar-refractivity contribution in [1.29, 1.82) is 0 Å². The quantitative estimate of drug-likeness (QED) is 0.229. The highest BCUT2D eigenvalue weighted by Crippen LogP contribution is 2.40. The Morgan fingerprint density at radius 1 is 1.15 bits per heavy atom. The number of halogens is 2. The Bertz CT molecular complexity index is 1580. The van der Waals surface area contributed by atoms with Crippen LogP contribution in [0.1, 0.15) is 30.9 Å². The molecule has 1 aliphatic heterocycles. The number of rotatable bonds is 9. The van der Waals surface area contributed by atoms with Gasteiger partial charge in [0.05, 0.1) is 0 Å². The first kappa shape index (κ1) is 28.4. The first-order chi connectivity index (χ1) is 19.8. The number of carbonyl (C=O) groups excluding carboxylic acids is 2. The molecule has 0 radical (unpaired) electrons. The van der Waals surface area contributed by atoms with Gasteiger partial charge in [-0.1, -0.05) is 48.6 Å². The van der Waals surface area contributed by atoms with E-state index < -0.39 is 12.0 Å². The van der Waals surface area contributed by atoms with Crippen molar-refractivity contribution in [3.05, 3.63) is 77.1 Å². The van der Waals surface area contributed by atoms with Crippen LogP contribution in [-0.4, -0.2) is 42.7 Å². The molecule has 0 unspecified atom stereocenters. The number of alkyl halides is 1. The molecule has 5 rings (SSSR count). The highest BCUT2D eigenvalue weighted by atomic mass is 32.1. The summed E-state index contributed by atoms with van der Waals surface area (Å²) in [5, 5.41) is -0.355. The third-order valence-electron chi connectivity index (χ3n) is 7.38. The lowest BCUT2D eigenvalue weighted by atomic mass is 9.95. The van der Waals surface area contributed by atoms with Gasteiger partial charge >= 0.3 is 0 Å². The van der Waals surface area contributed by atoms with E-state index in [4.69, 9.17) is 4.74 Å². The minimum atomic E-state index is -1.04. The van der Waals surface area contributed by atoms with Gasteiger partial charge in [0.2, 0.25) is 23.8 Å². The van der Waals surface area contributed by atoms with Crippen LogP contribution >= 0.6 is 11.3 Å². The molecule has 0 saturated carbocycles. The molecule has 4 aromatic rings. The van der Waals surface area contributed by atoms with Gasteiger partial charge in [0.15, 0.2) is 5.13 Å². The maximum atomic E-state index is 15.6. The number of amides is 2. The molecule has 1 atom stereocenters. The highest BCUT2D eigenvalue weighted by molar-refractivity contribution is 7.14. The molecule has 3 heterocycles. The number of ether oxygens (including phenoxy) is 1. The SMILES string of the molecule is CC[C@H](Cc1ccccc1)C(=O)N(C)c1nc(-c2cc(OCF)ccc2-c2cnc3c(c2)CCC(=O)N3C)c(F)s1. The Labute approximate surface area is 241 Å². The third-order valence-corrected chi connectivity index (χ3v) is 8.30. The van der Waals surface area contributed by atoms with Crippen LogP contribution in [0.5, 0.6) is 5.75 Å². The second-order valence-electron chi connectivity index (χ2n) is 9.93. The summed E-state index contributed by atoms with van der Waals surface area (Å²) in [6, 6.07) is 16.5. The normalized spacial score (nSPS) is 13.6. The van der Waals surface area contributed by atoms with Gasteiger partial charge in [0.25, 0.3) is 0 Å². The van der Waals surface area contributed by atoms with Crippen LogP contribution in [0.3, 0.4) is 0 Å². The Balaban J connectivity index is 1.50. The molecule has 41 heavy (non-hydrogen) atoms. The predicted octanol–water partition coefficient (Wildman–Crippen LogP) is 6.46. The van der Waals surface area contributed by atoms with Gasteiger partial charge in [-0.25, -0.2) is 14.4 Å². The zero-order chi connectivity index (χ0) is 29.1. The number of anilines is 2. The minimum Gasteiger partial charge on any atom is -0.463 e. The summed E-state index contributed by atoms with van der Waals surface area (Å²) < 4.78 is 33.7. The third kappa shape index (κ3) is 5.83. The molecule has 0 saturated heterocycles. The van der Waals surface area contributed by atoms with Crippen LogP contribution in [0.15, 0.2) is 60.8 Å². The number of nitrogens with zero attached hydrogens (tertiary/aromatic N) is 4. The first-order valence-electron chi connectivity index (χ1n) is 13.4. The van der Waals surface area contributed by atoms with E-state index in [1.54, 1.807) is 32.4 Å². The van der Waals surface area contributed by atoms with Crippen molar-refractivity contribution < 1.29 is 23.1 Å². The molecular weight excluding hydrogens is 546 g/mol. The van der Waals surface area contributed by atoms with Crippen LogP contribution in [0.25, 0.3) is 22.4 Å². The Morgan fingerprint density at radius 2 is 1.93 bits per heavy atom. The van der Waals surface area contributed by atoms with E-state index in [1.165, 1.54) is 15.9 Å². The topological polar surface area (TPSA) is 75.6 Å². The van der Waals surface area contributed by atoms with Crippen LogP contribution in [-0.2, 0) is 22.4 Å². The van der Waals surface area contributed by atoms with Gasteiger partial charge in [-0.15, -0.1) is 0 Å². The van der Waals surface area contributed by atoms with Crippen molar-refractivity contribution in [3.8, 4) is 28.1 Å². The van der Waals surface area contributed by atoms with Crippen LogP contribution in [0.4, 0.5) is 19.7 Å². The number of thiazole rings is 1. The zero-order valence-corrected chi connectivity index (χ0v) is 23.9. The van der Waals surface area contributed by atoms with Crippen molar-refractivity contribution in [2.45, 2.75) is 32.6 Å². The summed E-state index contributed by atoms with van der Waals surface area (Å²) in [4.78, 5) is 37.5. The summed E-state index contributed by atoms with van der Waals surface area (Å²) in [5.41, 5.74) is 3.68. The van der Waals surface area contributed by atoms with Crippen LogP contribution in [0.2, 0.25) is 0 Å². The summed E-state index contributed by atoms with van der Waals surface area (Å²) in [6.07, 6.45) is 3.73. The largest absolute Gasteiger partial charge is 0.463 e. The van der Waals surface area contributed by atoms with E-state index in [0.29, 0.717) is 48.2 Å². The molecule has 0 N–H and O–H groups in total. The van der Waals surface area contributed by atoms with Crippen molar-refractivity contribution in [2.24, 2.45) is 5.92 Å². The van der Waals surface area contributed by atoms with Crippen molar-refractivity contribution >= 4 is 34.1 Å². The standard InChI is InChI=1S/C31H30F2N4O3S/c1-4-20(14-19-8-6-5-7-9-19)30(39)37(3)31-35-27(28(33)41-31)25-16-23(40-18-32)11-12-24(25)22-15-21-10-13-26(38)36(2)29(21)34-17-22/h5-9,11-12,15-17,20H,4,10,13-14,18H2,1-3H3/t20-/m1/s1. The van der Waals surface area contributed by atoms with E-state index >= 15 is 4.39 Å². The number of carbonyl (C=O) groups is 2. The molecule has 7 nitrogen and oxygen atoms in total. The summed E-state index contributed by atoms with van der Waals surface area (Å²) in [6.45, 7) is 0.914. The van der Waals surface area contributed by atoms with E-state index in [-0.39, 0.29) is 34.3 Å². The number of aromatic nitrogens is 2. The van der Waals surface area contributed by atoms with E-state index in [1.807, 2.05) is 43.3 Å².